The summed E-state index contributed by atoms with van der Waals surface area (Å²) in [6.45, 7) is 8.39. The third-order valence-corrected chi connectivity index (χ3v) is 4.65. The molecule has 2 N–H and O–H groups in total. The highest BCUT2D eigenvalue weighted by Crippen LogP contribution is 2.22. The Hall–Kier alpha value is -1.24. The van der Waals surface area contributed by atoms with Crippen molar-refractivity contribution < 1.29 is 0 Å². The van der Waals surface area contributed by atoms with Crippen molar-refractivity contribution in [2.24, 2.45) is 4.99 Å². The number of para-hydroxylation sites is 1. The van der Waals surface area contributed by atoms with E-state index in [0.717, 1.165) is 45.0 Å². The van der Waals surface area contributed by atoms with Crippen molar-refractivity contribution in [1.82, 2.24) is 15.2 Å². The number of halogens is 1. The fourth-order valence-corrected chi connectivity index (χ4v) is 3.41. The van der Waals surface area contributed by atoms with E-state index in [-0.39, 0.29) is 24.0 Å². The topological polar surface area (TPSA) is 43.4 Å². The van der Waals surface area contributed by atoms with Crippen LogP contribution in [0.5, 0.6) is 0 Å². The minimum atomic E-state index is 0. The van der Waals surface area contributed by atoms with Crippen molar-refractivity contribution in [3.8, 4) is 0 Å². The van der Waals surface area contributed by atoms with Crippen molar-refractivity contribution >= 4 is 40.8 Å². The molecule has 1 aromatic carbocycles. The number of nitrogens with zero attached hydrogens (tertiary/aromatic N) is 2. The van der Waals surface area contributed by atoms with Gasteiger partial charge in [0, 0.05) is 43.3 Å². The van der Waals surface area contributed by atoms with Gasteiger partial charge in [-0.2, -0.15) is 0 Å². The molecule has 0 radical (unpaired) electrons. The minimum Gasteiger partial charge on any atom is -0.361 e. The van der Waals surface area contributed by atoms with E-state index >= 15 is 0 Å². The van der Waals surface area contributed by atoms with Gasteiger partial charge in [-0.1, -0.05) is 25.1 Å². The molecule has 0 saturated carbocycles. The maximum absolute atomic E-state index is 4.84. The molecule has 24 heavy (non-hydrogen) atoms. The maximum Gasteiger partial charge on any atom is 0.193 e. The normalized spacial score (nSPS) is 14.9. The number of rotatable bonds is 5. The van der Waals surface area contributed by atoms with Crippen LogP contribution in [-0.2, 0) is 12.8 Å². The molecule has 132 valence electrons. The largest absolute Gasteiger partial charge is 0.361 e. The summed E-state index contributed by atoms with van der Waals surface area (Å²) in [4.78, 5) is 10.7. The Kier molecular flexibility index (Phi) is 7.40. The number of fused-ring (bicyclic) bond motifs is 1. The predicted molar refractivity (Wildman–Crippen MR) is 114 cm³/mol. The third kappa shape index (κ3) is 4.23. The lowest BCUT2D eigenvalue weighted by Crippen LogP contribution is -2.39. The van der Waals surface area contributed by atoms with Gasteiger partial charge in [-0.15, -0.1) is 24.0 Å². The highest BCUT2D eigenvalue weighted by Gasteiger charge is 2.15. The maximum atomic E-state index is 4.84. The molecular weight excluding hydrogens is 411 g/mol. The van der Waals surface area contributed by atoms with Crippen LogP contribution in [-0.4, -0.2) is 42.0 Å². The molecule has 2 heterocycles. The Balaban J connectivity index is 0.00000208. The summed E-state index contributed by atoms with van der Waals surface area (Å²) in [5, 5.41) is 4.78. The summed E-state index contributed by atoms with van der Waals surface area (Å²) in [5.41, 5.74) is 4.06. The number of guanidine groups is 1. The van der Waals surface area contributed by atoms with Crippen LogP contribution in [0.2, 0.25) is 0 Å². The average molecular weight is 440 g/mol. The number of likely N-dealkylation sites (tertiary alicyclic amines) is 1. The Morgan fingerprint density at radius 2 is 2.00 bits per heavy atom. The van der Waals surface area contributed by atoms with Crippen LogP contribution in [0.15, 0.2) is 29.4 Å². The van der Waals surface area contributed by atoms with Crippen LogP contribution < -0.4 is 5.32 Å². The monoisotopic (exact) mass is 440 g/mol. The molecule has 1 fully saturated rings. The zero-order valence-corrected chi connectivity index (χ0v) is 17.1. The van der Waals surface area contributed by atoms with Gasteiger partial charge in [-0.3, -0.25) is 4.99 Å². The lowest BCUT2D eigenvalue weighted by atomic mass is 10.1. The van der Waals surface area contributed by atoms with E-state index in [1.54, 1.807) is 0 Å². The van der Waals surface area contributed by atoms with Crippen molar-refractivity contribution in [2.45, 2.75) is 39.5 Å². The SMILES string of the molecule is CCNC(=NCCc1c[nH]c2c(CC)cccc12)N1CCCC1.I. The summed E-state index contributed by atoms with van der Waals surface area (Å²) in [6, 6.07) is 6.59. The number of nitrogens with one attached hydrogen (secondary N) is 2. The molecule has 0 unspecified atom stereocenters. The van der Waals surface area contributed by atoms with E-state index in [4.69, 9.17) is 4.99 Å². The molecule has 2 aromatic rings. The number of aliphatic imine (C=N–C) groups is 1. The standard InChI is InChI=1S/C19H28N4.HI/c1-3-15-8-7-9-17-16(14-22-18(15)17)10-11-21-19(20-4-2)23-12-5-6-13-23;/h7-9,14,22H,3-6,10-13H2,1-2H3,(H,20,21);1H. The smallest absolute Gasteiger partial charge is 0.193 e. The zero-order chi connectivity index (χ0) is 16.1. The molecule has 1 aliphatic rings. The van der Waals surface area contributed by atoms with Crippen LogP contribution >= 0.6 is 24.0 Å². The first-order valence-corrected chi connectivity index (χ1v) is 8.94. The molecule has 0 atom stereocenters. The number of aromatic amines is 1. The van der Waals surface area contributed by atoms with Gasteiger partial charge in [0.15, 0.2) is 5.96 Å². The summed E-state index contributed by atoms with van der Waals surface area (Å²) in [7, 11) is 0. The van der Waals surface area contributed by atoms with Gasteiger partial charge < -0.3 is 15.2 Å². The minimum absolute atomic E-state index is 0. The van der Waals surface area contributed by atoms with Crippen LogP contribution in [0, 0.1) is 0 Å². The molecule has 1 aromatic heterocycles. The van der Waals surface area contributed by atoms with Gasteiger partial charge in [0.1, 0.15) is 0 Å². The van der Waals surface area contributed by atoms with E-state index in [2.05, 4.69) is 53.4 Å². The van der Waals surface area contributed by atoms with Gasteiger partial charge >= 0.3 is 0 Å². The molecule has 3 rings (SSSR count). The van der Waals surface area contributed by atoms with E-state index in [1.807, 2.05) is 0 Å². The molecule has 0 spiro atoms. The van der Waals surface area contributed by atoms with Gasteiger partial charge in [-0.05, 0) is 43.7 Å². The van der Waals surface area contributed by atoms with Gasteiger partial charge in [0.25, 0.3) is 0 Å². The number of H-pyrrole nitrogens is 1. The summed E-state index contributed by atoms with van der Waals surface area (Å²) in [6.07, 6.45) is 6.77. The Morgan fingerprint density at radius 1 is 1.21 bits per heavy atom. The van der Waals surface area contributed by atoms with E-state index < -0.39 is 0 Å². The van der Waals surface area contributed by atoms with Crippen LogP contribution in [0.3, 0.4) is 0 Å². The number of hydrogen-bond donors (Lipinski definition) is 2. The molecule has 1 saturated heterocycles. The summed E-state index contributed by atoms with van der Waals surface area (Å²) in [5.74, 6) is 1.08. The zero-order valence-electron chi connectivity index (χ0n) is 14.8. The Labute approximate surface area is 162 Å². The number of hydrogen-bond acceptors (Lipinski definition) is 1. The number of benzene rings is 1. The first kappa shape index (κ1) is 19.1. The quantitative estimate of drug-likeness (QED) is 0.420. The van der Waals surface area contributed by atoms with Gasteiger partial charge in [-0.25, -0.2) is 0 Å². The average Bonchev–Trinajstić information content (AvgIpc) is 3.23. The van der Waals surface area contributed by atoms with E-state index in [9.17, 15) is 0 Å². The predicted octanol–water partition coefficient (Wildman–Crippen LogP) is 3.95. The first-order valence-electron chi connectivity index (χ1n) is 8.94. The second kappa shape index (κ2) is 9.30. The molecular formula is C19H29IN4. The van der Waals surface area contributed by atoms with Crippen LogP contribution in [0.4, 0.5) is 0 Å². The van der Waals surface area contributed by atoms with Crippen molar-refractivity contribution in [1.29, 1.82) is 0 Å². The molecule has 1 aliphatic heterocycles. The second-order valence-electron chi connectivity index (χ2n) is 6.19. The number of aryl methyl sites for hydroxylation is 1. The lowest BCUT2D eigenvalue weighted by Gasteiger charge is -2.20. The van der Waals surface area contributed by atoms with Gasteiger partial charge in [0.2, 0.25) is 0 Å². The third-order valence-electron chi connectivity index (χ3n) is 4.65. The van der Waals surface area contributed by atoms with Crippen molar-refractivity contribution in [3.05, 3.63) is 35.5 Å². The molecule has 0 amide bonds. The van der Waals surface area contributed by atoms with Crippen molar-refractivity contribution in [3.63, 3.8) is 0 Å². The van der Waals surface area contributed by atoms with E-state index in [1.165, 1.54) is 34.9 Å². The molecule has 5 heteroatoms. The van der Waals surface area contributed by atoms with Crippen LogP contribution in [0.1, 0.15) is 37.8 Å². The number of aromatic nitrogens is 1. The first-order chi connectivity index (χ1) is 11.3. The van der Waals surface area contributed by atoms with Crippen LogP contribution in [0.25, 0.3) is 10.9 Å². The molecule has 0 aliphatic carbocycles. The lowest BCUT2D eigenvalue weighted by molar-refractivity contribution is 0.494. The second-order valence-corrected chi connectivity index (χ2v) is 6.19. The highest BCUT2D eigenvalue weighted by molar-refractivity contribution is 14.0. The molecule has 4 nitrogen and oxygen atoms in total. The Morgan fingerprint density at radius 3 is 2.71 bits per heavy atom. The van der Waals surface area contributed by atoms with E-state index in [0.29, 0.717) is 0 Å². The highest BCUT2D eigenvalue weighted by atomic mass is 127. The Bertz CT molecular complexity index is 671. The summed E-state index contributed by atoms with van der Waals surface area (Å²) < 4.78 is 0. The molecule has 0 bridgehead atoms. The fourth-order valence-electron chi connectivity index (χ4n) is 3.41. The summed E-state index contributed by atoms with van der Waals surface area (Å²) >= 11 is 0. The van der Waals surface area contributed by atoms with Crippen molar-refractivity contribution in [2.75, 3.05) is 26.2 Å². The van der Waals surface area contributed by atoms with Gasteiger partial charge in [0.05, 0.1) is 0 Å². The fraction of sp³-hybridized carbons (Fsp3) is 0.526.